The third-order valence-corrected chi connectivity index (χ3v) is 4.20. The second-order valence-electron chi connectivity index (χ2n) is 5.22. The van der Waals surface area contributed by atoms with E-state index < -0.39 is 0 Å². The van der Waals surface area contributed by atoms with E-state index in [1.807, 2.05) is 0 Å². The summed E-state index contributed by atoms with van der Waals surface area (Å²) in [6.07, 6.45) is 6.92. The quantitative estimate of drug-likeness (QED) is 0.699. The Bertz CT molecular complexity index is 456. The zero-order chi connectivity index (χ0) is 13.0. The van der Waals surface area contributed by atoms with Gasteiger partial charge in [-0.2, -0.15) is 5.26 Å². The molecule has 0 spiro atoms. The Morgan fingerprint density at radius 1 is 1.22 bits per heavy atom. The fraction of sp³-hybridized carbons (Fsp3) is 0.533. The Morgan fingerprint density at radius 2 is 1.89 bits per heavy atom. The lowest BCUT2D eigenvalue weighted by atomic mass is 9.77. The summed E-state index contributed by atoms with van der Waals surface area (Å²) in [7, 11) is 0. The zero-order valence-electron chi connectivity index (χ0n) is 10.4. The monoisotopic (exact) mass is 265 g/mol. The zero-order valence-corrected chi connectivity index (χ0v) is 11.1. The van der Waals surface area contributed by atoms with Gasteiger partial charge in [0.25, 0.3) is 0 Å². The number of benzene rings is 1. The fourth-order valence-electron chi connectivity index (χ4n) is 2.78. The van der Waals surface area contributed by atoms with Crippen molar-refractivity contribution in [2.24, 2.45) is 5.41 Å². The molecule has 0 N–H and O–H groups in total. The molecule has 0 bridgehead atoms. The molecule has 1 aliphatic carbocycles. The van der Waals surface area contributed by atoms with Crippen LogP contribution in [0.25, 0.3) is 0 Å². The summed E-state index contributed by atoms with van der Waals surface area (Å²) in [5, 5.41) is 10.1. The van der Waals surface area contributed by atoms with Crippen molar-refractivity contribution in [3.05, 3.63) is 34.6 Å². The summed E-state index contributed by atoms with van der Waals surface area (Å²) in [5.74, 6) is -0.281. The normalized spacial score (nSPS) is 18.9. The molecule has 0 saturated heterocycles. The van der Waals surface area contributed by atoms with E-state index in [1.165, 1.54) is 25.0 Å². The molecule has 0 unspecified atom stereocenters. The molecule has 1 nitrogen and oxygen atoms in total. The van der Waals surface area contributed by atoms with Crippen LogP contribution in [0.3, 0.4) is 0 Å². The minimum absolute atomic E-state index is 0.281. The molecule has 18 heavy (non-hydrogen) atoms. The minimum atomic E-state index is -0.353. The van der Waals surface area contributed by atoms with Gasteiger partial charge in [-0.15, -0.1) is 0 Å². The van der Waals surface area contributed by atoms with Crippen molar-refractivity contribution >= 4 is 11.6 Å². The number of hydrogen-bond donors (Lipinski definition) is 0. The predicted octanol–water partition coefficient (Wildman–Crippen LogP) is 4.89. The highest BCUT2D eigenvalue weighted by Gasteiger charge is 2.31. The van der Waals surface area contributed by atoms with Gasteiger partial charge in [-0.3, -0.25) is 0 Å². The number of halogens is 2. The van der Waals surface area contributed by atoms with Crippen molar-refractivity contribution in [1.29, 1.82) is 5.26 Å². The largest absolute Gasteiger partial charge is 0.207 e. The van der Waals surface area contributed by atoms with E-state index in [0.717, 1.165) is 31.2 Å². The highest BCUT2D eigenvalue weighted by molar-refractivity contribution is 6.31. The molecule has 1 fully saturated rings. The van der Waals surface area contributed by atoms with Gasteiger partial charge < -0.3 is 0 Å². The van der Waals surface area contributed by atoms with Crippen molar-refractivity contribution < 1.29 is 4.39 Å². The van der Waals surface area contributed by atoms with Crippen LogP contribution in [0, 0.1) is 22.6 Å². The van der Waals surface area contributed by atoms with Gasteiger partial charge in [0.05, 0.1) is 11.5 Å². The molecule has 1 aliphatic rings. The lowest BCUT2D eigenvalue weighted by molar-refractivity contribution is 0.338. The van der Waals surface area contributed by atoms with Gasteiger partial charge in [0.1, 0.15) is 5.82 Å². The summed E-state index contributed by atoms with van der Waals surface area (Å²) in [6, 6.07) is 6.87. The summed E-state index contributed by atoms with van der Waals surface area (Å²) < 4.78 is 13.3. The third kappa shape index (κ3) is 3.03. The molecular formula is C15H17ClFN. The number of nitriles is 1. The first kappa shape index (κ1) is 13.4. The van der Waals surface area contributed by atoms with Crippen LogP contribution >= 0.6 is 11.6 Å². The summed E-state index contributed by atoms with van der Waals surface area (Å²) in [6.45, 7) is 0. The van der Waals surface area contributed by atoms with Gasteiger partial charge in [0.2, 0.25) is 0 Å². The first-order valence-corrected chi connectivity index (χ1v) is 6.88. The Labute approximate surface area is 113 Å². The minimum Gasteiger partial charge on any atom is -0.207 e. The van der Waals surface area contributed by atoms with Crippen LogP contribution in [0.1, 0.15) is 44.1 Å². The lowest BCUT2D eigenvalue weighted by Crippen LogP contribution is -2.21. The van der Waals surface area contributed by atoms with Gasteiger partial charge in [-0.05, 0) is 43.0 Å². The Balaban J connectivity index is 2.24. The summed E-state index contributed by atoms with van der Waals surface area (Å²) in [4.78, 5) is 0. The van der Waals surface area contributed by atoms with Gasteiger partial charge in [-0.25, -0.2) is 4.39 Å². The smallest absolute Gasteiger partial charge is 0.123 e. The molecule has 1 aromatic carbocycles. The van der Waals surface area contributed by atoms with Crippen molar-refractivity contribution in [2.75, 3.05) is 0 Å². The number of nitrogens with zero attached hydrogens (tertiary/aromatic N) is 1. The first-order valence-electron chi connectivity index (χ1n) is 6.50. The SMILES string of the molecule is N#CC1(Cc2cc(F)ccc2Cl)CCCCCC1. The molecule has 96 valence electrons. The fourth-order valence-corrected chi connectivity index (χ4v) is 2.96. The Morgan fingerprint density at radius 3 is 2.50 bits per heavy atom. The molecule has 1 saturated carbocycles. The average molecular weight is 266 g/mol. The maximum Gasteiger partial charge on any atom is 0.123 e. The van der Waals surface area contributed by atoms with E-state index in [4.69, 9.17) is 11.6 Å². The van der Waals surface area contributed by atoms with Crippen molar-refractivity contribution in [3.8, 4) is 6.07 Å². The molecule has 0 aromatic heterocycles. The molecule has 0 atom stereocenters. The topological polar surface area (TPSA) is 23.8 Å². The highest BCUT2D eigenvalue weighted by atomic mass is 35.5. The second-order valence-corrected chi connectivity index (χ2v) is 5.63. The van der Waals surface area contributed by atoms with Crippen LogP contribution in [0.4, 0.5) is 4.39 Å². The van der Waals surface area contributed by atoms with Crippen LogP contribution in [-0.2, 0) is 6.42 Å². The molecule has 3 heteroatoms. The number of rotatable bonds is 2. The first-order chi connectivity index (χ1) is 8.65. The lowest BCUT2D eigenvalue weighted by Gasteiger charge is -2.25. The highest BCUT2D eigenvalue weighted by Crippen LogP contribution is 2.38. The molecule has 0 radical (unpaired) electrons. The Hall–Kier alpha value is -1.07. The van der Waals surface area contributed by atoms with Crippen LogP contribution in [0.15, 0.2) is 18.2 Å². The van der Waals surface area contributed by atoms with Gasteiger partial charge in [0, 0.05) is 5.02 Å². The Kier molecular flexibility index (Phi) is 4.24. The average Bonchev–Trinajstić information content (AvgIpc) is 2.60. The number of hydrogen-bond acceptors (Lipinski definition) is 1. The molecule has 0 aliphatic heterocycles. The van der Waals surface area contributed by atoms with Crippen LogP contribution in [0.5, 0.6) is 0 Å². The van der Waals surface area contributed by atoms with Crippen molar-refractivity contribution in [3.63, 3.8) is 0 Å². The summed E-state index contributed by atoms with van der Waals surface area (Å²) >= 11 is 6.10. The molecule has 2 rings (SSSR count). The maximum absolute atomic E-state index is 13.3. The van der Waals surface area contributed by atoms with Crippen molar-refractivity contribution in [2.45, 2.75) is 44.9 Å². The van der Waals surface area contributed by atoms with E-state index in [9.17, 15) is 9.65 Å². The van der Waals surface area contributed by atoms with Crippen LogP contribution < -0.4 is 0 Å². The molecule has 1 aromatic rings. The van der Waals surface area contributed by atoms with E-state index in [2.05, 4.69) is 6.07 Å². The van der Waals surface area contributed by atoms with Gasteiger partial charge in [0.15, 0.2) is 0 Å². The predicted molar refractivity (Wildman–Crippen MR) is 70.9 cm³/mol. The van der Waals surface area contributed by atoms with E-state index in [1.54, 1.807) is 6.07 Å². The van der Waals surface area contributed by atoms with Crippen LogP contribution in [-0.4, -0.2) is 0 Å². The van der Waals surface area contributed by atoms with E-state index in [0.29, 0.717) is 11.4 Å². The van der Waals surface area contributed by atoms with Gasteiger partial charge in [-0.1, -0.05) is 37.3 Å². The van der Waals surface area contributed by atoms with Crippen molar-refractivity contribution in [1.82, 2.24) is 0 Å². The van der Waals surface area contributed by atoms with Gasteiger partial charge >= 0.3 is 0 Å². The standard InChI is InChI=1S/C15H17ClFN/c16-14-6-5-13(17)9-12(14)10-15(11-18)7-3-1-2-4-8-15/h5-6,9H,1-4,7-8,10H2. The summed E-state index contributed by atoms with van der Waals surface area (Å²) in [5.41, 5.74) is 0.411. The molecular weight excluding hydrogens is 249 g/mol. The molecule has 0 amide bonds. The second kappa shape index (κ2) is 5.71. The molecule has 0 heterocycles. The third-order valence-electron chi connectivity index (χ3n) is 3.83. The van der Waals surface area contributed by atoms with E-state index in [-0.39, 0.29) is 11.2 Å². The van der Waals surface area contributed by atoms with Crippen LogP contribution in [0.2, 0.25) is 5.02 Å². The van der Waals surface area contributed by atoms with E-state index >= 15 is 0 Å². The maximum atomic E-state index is 13.3.